The molecule has 0 bridgehead atoms. The zero-order valence-corrected chi connectivity index (χ0v) is 17.0. The van der Waals surface area contributed by atoms with Crippen LogP contribution in [0.3, 0.4) is 0 Å². The molecule has 1 saturated heterocycles. The SMILES string of the molecule is CN1C[C@H](NC(=O)OC(C)(C)C)C[C@H]1COc1ccc(Br)cc1C(=O)O. The van der Waals surface area contributed by atoms with E-state index in [0.29, 0.717) is 29.8 Å². The molecule has 8 heteroatoms. The summed E-state index contributed by atoms with van der Waals surface area (Å²) in [6, 6.07) is 4.93. The first kappa shape index (κ1) is 20.5. The number of carboxylic acids is 1. The standard InChI is InChI=1S/C18H25BrN2O5/c1-18(2,3)26-17(24)20-12-8-13(21(4)9-12)10-25-15-6-5-11(19)7-14(15)16(22)23/h5-7,12-13H,8-10H2,1-4H3,(H,20,24)(H,22,23)/t12-,13+/m1/s1. The topological polar surface area (TPSA) is 88.1 Å². The summed E-state index contributed by atoms with van der Waals surface area (Å²) in [5.74, 6) is -0.705. The minimum Gasteiger partial charge on any atom is -0.491 e. The number of alkyl carbamates (subject to hydrolysis) is 1. The van der Waals surface area contributed by atoms with Crippen molar-refractivity contribution in [3.63, 3.8) is 0 Å². The highest BCUT2D eigenvalue weighted by Gasteiger charge is 2.32. The first-order valence-corrected chi connectivity index (χ1v) is 9.20. The van der Waals surface area contributed by atoms with Gasteiger partial charge in [0.1, 0.15) is 23.5 Å². The number of carbonyl (C=O) groups excluding carboxylic acids is 1. The molecule has 0 radical (unpaired) electrons. The second kappa shape index (κ2) is 8.26. The maximum Gasteiger partial charge on any atom is 0.407 e. The van der Waals surface area contributed by atoms with Gasteiger partial charge in [0.25, 0.3) is 0 Å². The van der Waals surface area contributed by atoms with Crippen LogP contribution in [0.4, 0.5) is 4.79 Å². The third kappa shape index (κ3) is 5.88. The third-order valence-corrected chi connectivity index (χ3v) is 4.51. The molecule has 1 aromatic rings. The summed E-state index contributed by atoms with van der Waals surface area (Å²) >= 11 is 3.26. The van der Waals surface area contributed by atoms with Gasteiger partial charge in [0, 0.05) is 23.1 Å². The summed E-state index contributed by atoms with van der Waals surface area (Å²) in [6.45, 7) is 6.48. The van der Waals surface area contributed by atoms with Crippen molar-refractivity contribution in [1.82, 2.24) is 10.2 Å². The smallest absolute Gasteiger partial charge is 0.407 e. The van der Waals surface area contributed by atoms with Crippen molar-refractivity contribution in [3.8, 4) is 5.75 Å². The lowest BCUT2D eigenvalue weighted by Gasteiger charge is -2.21. The minimum absolute atomic E-state index is 0.0349. The van der Waals surface area contributed by atoms with E-state index < -0.39 is 17.7 Å². The fraction of sp³-hybridized carbons (Fsp3) is 0.556. The van der Waals surface area contributed by atoms with Crippen LogP contribution in [0.15, 0.2) is 22.7 Å². The van der Waals surface area contributed by atoms with Crippen molar-refractivity contribution in [1.29, 1.82) is 0 Å². The highest BCUT2D eigenvalue weighted by atomic mass is 79.9. The molecule has 0 spiro atoms. The number of ether oxygens (including phenoxy) is 2. The fourth-order valence-electron chi connectivity index (χ4n) is 2.83. The molecule has 0 unspecified atom stereocenters. The van der Waals surface area contributed by atoms with Crippen molar-refractivity contribution in [2.24, 2.45) is 0 Å². The number of hydrogen-bond donors (Lipinski definition) is 2. The Morgan fingerprint density at radius 3 is 2.69 bits per heavy atom. The summed E-state index contributed by atoms with van der Waals surface area (Å²) in [7, 11) is 1.95. The van der Waals surface area contributed by atoms with E-state index in [1.165, 1.54) is 6.07 Å². The van der Waals surface area contributed by atoms with E-state index in [1.807, 2.05) is 27.8 Å². The largest absolute Gasteiger partial charge is 0.491 e. The van der Waals surface area contributed by atoms with Crippen molar-refractivity contribution in [3.05, 3.63) is 28.2 Å². The van der Waals surface area contributed by atoms with Crippen LogP contribution in [0, 0.1) is 0 Å². The number of halogens is 1. The molecule has 1 fully saturated rings. The number of carbonyl (C=O) groups is 2. The average molecular weight is 429 g/mol. The second-order valence-electron chi connectivity index (χ2n) is 7.43. The first-order valence-electron chi connectivity index (χ1n) is 8.40. The highest BCUT2D eigenvalue weighted by Crippen LogP contribution is 2.25. The number of amides is 1. The van der Waals surface area contributed by atoms with Gasteiger partial charge in [-0.15, -0.1) is 0 Å². The average Bonchev–Trinajstić information content (AvgIpc) is 2.83. The van der Waals surface area contributed by atoms with Crippen molar-refractivity contribution < 1.29 is 24.2 Å². The number of benzene rings is 1. The number of carboxylic acid groups (broad SMARTS) is 1. The summed E-state index contributed by atoms with van der Waals surface area (Å²) in [4.78, 5) is 25.3. The van der Waals surface area contributed by atoms with Crippen molar-refractivity contribution >= 4 is 28.0 Å². The molecule has 1 amide bonds. The molecule has 0 saturated carbocycles. The summed E-state index contributed by atoms with van der Waals surface area (Å²) in [6.07, 6.45) is 0.271. The van der Waals surface area contributed by atoms with Crippen LogP contribution in [0.25, 0.3) is 0 Å². The molecule has 0 aromatic heterocycles. The molecule has 1 aliphatic heterocycles. The Morgan fingerprint density at radius 2 is 2.08 bits per heavy atom. The zero-order valence-electron chi connectivity index (χ0n) is 15.4. The lowest BCUT2D eigenvalue weighted by molar-refractivity contribution is 0.0505. The first-order chi connectivity index (χ1) is 12.0. The zero-order chi connectivity index (χ0) is 19.5. The van der Waals surface area contributed by atoms with E-state index in [1.54, 1.807) is 12.1 Å². The van der Waals surface area contributed by atoms with Gasteiger partial charge in [-0.3, -0.25) is 4.90 Å². The lowest BCUT2D eigenvalue weighted by Crippen LogP contribution is -2.40. The Kier molecular flexibility index (Phi) is 6.52. The summed E-state index contributed by atoms with van der Waals surface area (Å²) in [5, 5.41) is 12.2. The molecule has 2 N–H and O–H groups in total. The number of rotatable bonds is 5. The molecule has 1 heterocycles. The van der Waals surface area contributed by atoms with Gasteiger partial charge >= 0.3 is 12.1 Å². The van der Waals surface area contributed by atoms with Crippen LogP contribution in [0.2, 0.25) is 0 Å². The summed E-state index contributed by atoms with van der Waals surface area (Å²) in [5.41, 5.74) is -0.421. The number of hydrogen-bond acceptors (Lipinski definition) is 5. The van der Waals surface area contributed by atoms with Gasteiger partial charge in [-0.25, -0.2) is 9.59 Å². The Balaban J connectivity index is 1.91. The van der Waals surface area contributed by atoms with Gasteiger partial charge in [0.05, 0.1) is 0 Å². The van der Waals surface area contributed by atoms with Gasteiger partial charge in [0.2, 0.25) is 0 Å². The Bertz CT molecular complexity index is 674. The van der Waals surface area contributed by atoms with E-state index in [2.05, 4.69) is 26.1 Å². The van der Waals surface area contributed by atoms with Crippen LogP contribution in [0.5, 0.6) is 5.75 Å². The van der Waals surface area contributed by atoms with E-state index in [0.717, 1.165) is 0 Å². The molecular weight excluding hydrogens is 404 g/mol. The summed E-state index contributed by atoms with van der Waals surface area (Å²) < 4.78 is 11.7. The molecule has 26 heavy (non-hydrogen) atoms. The highest BCUT2D eigenvalue weighted by molar-refractivity contribution is 9.10. The van der Waals surface area contributed by atoms with E-state index in [4.69, 9.17) is 9.47 Å². The molecule has 2 atom stereocenters. The second-order valence-corrected chi connectivity index (χ2v) is 8.34. The van der Waals surface area contributed by atoms with E-state index in [9.17, 15) is 14.7 Å². The molecule has 0 aliphatic carbocycles. The van der Waals surface area contributed by atoms with Crippen LogP contribution in [-0.4, -0.2) is 60.0 Å². The molecule has 1 aliphatic rings. The maximum atomic E-state index is 11.9. The number of likely N-dealkylation sites (N-methyl/N-ethyl adjacent to an activating group) is 1. The van der Waals surface area contributed by atoms with Gasteiger partial charge in [0.15, 0.2) is 0 Å². The fourth-order valence-corrected chi connectivity index (χ4v) is 3.20. The molecule has 144 valence electrons. The van der Waals surface area contributed by atoms with Crippen LogP contribution >= 0.6 is 15.9 Å². The van der Waals surface area contributed by atoms with Crippen LogP contribution in [0.1, 0.15) is 37.6 Å². The number of likely N-dealkylation sites (tertiary alicyclic amines) is 1. The predicted octanol–water partition coefficient (Wildman–Crippen LogP) is 3.12. The van der Waals surface area contributed by atoms with E-state index >= 15 is 0 Å². The lowest BCUT2D eigenvalue weighted by atomic mass is 10.1. The van der Waals surface area contributed by atoms with Crippen LogP contribution in [-0.2, 0) is 4.74 Å². The molecule has 1 aromatic carbocycles. The number of nitrogens with one attached hydrogen (secondary N) is 1. The van der Waals surface area contributed by atoms with Crippen LogP contribution < -0.4 is 10.1 Å². The Morgan fingerprint density at radius 1 is 1.38 bits per heavy atom. The van der Waals surface area contributed by atoms with Gasteiger partial charge in [-0.1, -0.05) is 15.9 Å². The van der Waals surface area contributed by atoms with E-state index in [-0.39, 0.29) is 17.6 Å². The predicted molar refractivity (Wildman–Crippen MR) is 101 cm³/mol. The van der Waals surface area contributed by atoms with Gasteiger partial charge < -0.3 is 19.9 Å². The molecular formula is C18H25BrN2O5. The molecule has 7 nitrogen and oxygen atoms in total. The third-order valence-electron chi connectivity index (χ3n) is 4.01. The monoisotopic (exact) mass is 428 g/mol. The van der Waals surface area contributed by atoms with Gasteiger partial charge in [-0.05, 0) is 52.4 Å². The maximum absolute atomic E-state index is 11.9. The quantitative estimate of drug-likeness (QED) is 0.748. The van der Waals surface area contributed by atoms with Gasteiger partial charge in [-0.2, -0.15) is 0 Å². The number of nitrogens with zero attached hydrogens (tertiary/aromatic N) is 1. The normalized spacial score (nSPS) is 20.7. The Labute approximate surface area is 161 Å². The minimum atomic E-state index is -1.04. The van der Waals surface area contributed by atoms with Crippen molar-refractivity contribution in [2.75, 3.05) is 20.2 Å². The van der Waals surface area contributed by atoms with Crippen molar-refractivity contribution in [2.45, 2.75) is 44.9 Å². The molecule has 2 rings (SSSR count). The number of aromatic carboxylic acids is 1. The Hall–Kier alpha value is -1.80.